The molecule has 0 amide bonds. The van der Waals surface area contributed by atoms with Crippen molar-refractivity contribution in [2.24, 2.45) is 0 Å². The van der Waals surface area contributed by atoms with Crippen LogP contribution in [0, 0.1) is 0 Å². The molecule has 0 saturated carbocycles. The maximum atomic E-state index is 12.1. The van der Waals surface area contributed by atoms with E-state index in [0.717, 1.165) is 17.7 Å². The van der Waals surface area contributed by atoms with Crippen molar-refractivity contribution in [1.82, 2.24) is 4.57 Å². The standard InChI is InChI=1S/C14H14Cl2N2O/c1-2-7-18-13(6-5-12(17)14(18)19)10-8-9(15)3-4-11(10)16/h3-6,8H,2,7,17H2,1H3. The van der Waals surface area contributed by atoms with Crippen LogP contribution in [0.3, 0.4) is 0 Å². The molecule has 100 valence electrons. The molecule has 2 rings (SSSR count). The first-order valence-electron chi connectivity index (χ1n) is 5.99. The van der Waals surface area contributed by atoms with E-state index in [1.165, 1.54) is 0 Å². The summed E-state index contributed by atoms with van der Waals surface area (Å²) < 4.78 is 1.63. The highest BCUT2D eigenvalue weighted by atomic mass is 35.5. The van der Waals surface area contributed by atoms with E-state index in [9.17, 15) is 4.79 Å². The minimum atomic E-state index is -0.199. The third-order valence-corrected chi connectivity index (χ3v) is 3.42. The highest BCUT2D eigenvalue weighted by molar-refractivity contribution is 6.35. The predicted octanol–water partition coefficient (Wildman–Crippen LogP) is 3.81. The second-order valence-corrected chi connectivity index (χ2v) is 5.10. The molecule has 0 aliphatic rings. The highest BCUT2D eigenvalue weighted by Gasteiger charge is 2.11. The van der Waals surface area contributed by atoms with Gasteiger partial charge in [-0.2, -0.15) is 0 Å². The summed E-state index contributed by atoms with van der Waals surface area (Å²) in [7, 11) is 0. The number of benzene rings is 1. The molecule has 0 unspecified atom stereocenters. The van der Waals surface area contributed by atoms with Gasteiger partial charge in [-0.05, 0) is 36.8 Å². The molecule has 1 aromatic carbocycles. The number of rotatable bonds is 3. The number of hydrogen-bond acceptors (Lipinski definition) is 2. The van der Waals surface area contributed by atoms with E-state index in [-0.39, 0.29) is 11.2 Å². The Bertz CT molecular complexity index is 665. The van der Waals surface area contributed by atoms with Gasteiger partial charge in [-0.1, -0.05) is 30.1 Å². The second kappa shape index (κ2) is 5.68. The summed E-state index contributed by atoms with van der Waals surface area (Å²) in [6, 6.07) is 8.58. The van der Waals surface area contributed by atoms with E-state index in [2.05, 4.69) is 0 Å². The van der Waals surface area contributed by atoms with Crippen molar-refractivity contribution in [3.05, 3.63) is 50.7 Å². The summed E-state index contributed by atoms with van der Waals surface area (Å²) in [5, 5.41) is 1.13. The van der Waals surface area contributed by atoms with Gasteiger partial charge in [-0.15, -0.1) is 0 Å². The highest BCUT2D eigenvalue weighted by Crippen LogP contribution is 2.30. The Morgan fingerprint density at radius 3 is 2.63 bits per heavy atom. The first-order valence-corrected chi connectivity index (χ1v) is 6.75. The fourth-order valence-corrected chi connectivity index (χ4v) is 2.36. The van der Waals surface area contributed by atoms with Gasteiger partial charge in [-0.3, -0.25) is 4.79 Å². The van der Waals surface area contributed by atoms with E-state index in [0.29, 0.717) is 16.6 Å². The maximum absolute atomic E-state index is 12.1. The van der Waals surface area contributed by atoms with Gasteiger partial charge in [0.15, 0.2) is 0 Å². The summed E-state index contributed by atoms with van der Waals surface area (Å²) >= 11 is 12.2. The van der Waals surface area contributed by atoms with Crippen molar-refractivity contribution in [2.45, 2.75) is 19.9 Å². The van der Waals surface area contributed by atoms with Crippen LogP contribution in [0.25, 0.3) is 11.3 Å². The lowest BCUT2D eigenvalue weighted by Gasteiger charge is -2.14. The van der Waals surface area contributed by atoms with Crippen LogP contribution in [0.1, 0.15) is 13.3 Å². The molecular formula is C14H14Cl2N2O. The van der Waals surface area contributed by atoms with Gasteiger partial charge < -0.3 is 10.3 Å². The molecule has 19 heavy (non-hydrogen) atoms. The van der Waals surface area contributed by atoms with Gasteiger partial charge in [0.25, 0.3) is 5.56 Å². The van der Waals surface area contributed by atoms with Crippen molar-refractivity contribution in [3.8, 4) is 11.3 Å². The molecule has 1 heterocycles. The normalized spacial score (nSPS) is 10.7. The van der Waals surface area contributed by atoms with Gasteiger partial charge in [0.05, 0.1) is 11.4 Å². The minimum absolute atomic E-state index is 0.199. The molecule has 0 bridgehead atoms. The van der Waals surface area contributed by atoms with Crippen LogP contribution in [0.5, 0.6) is 0 Å². The Labute approximate surface area is 121 Å². The molecule has 5 heteroatoms. The number of anilines is 1. The average molecular weight is 297 g/mol. The van der Waals surface area contributed by atoms with Crippen molar-refractivity contribution >= 4 is 28.9 Å². The molecule has 0 aliphatic carbocycles. The first kappa shape index (κ1) is 14.0. The molecule has 0 atom stereocenters. The van der Waals surface area contributed by atoms with Gasteiger partial charge in [0.1, 0.15) is 0 Å². The number of pyridine rings is 1. The molecule has 0 fully saturated rings. The minimum Gasteiger partial charge on any atom is -0.394 e. The summed E-state index contributed by atoms with van der Waals surface area (Å²) in [5.41, 5.74) is 7.17. The van der Waals surface area contributed by atoms with E-state index in [1.807, 2.05) is 6.92 Å². The van der Waals surface area contributed by atoms with E-state index < -0.39 is 0 Å². The van der Waals surface area contributed by atoms with Crippen LogP contribution in [-0.4, -0.2) is 4.57 Å². The number of halogens is 2. The van der Waals surface area contributed by atoms with Gasteiger partial charge in [0, 0.05) is 22.2 Å². The number of nitrogen functional groups attached to an aromatic ring is 1. The van der Waals surface area contributed by atoms with Crippen molar-refractivity contribution in [3.63, 3.8) is 0 Å². The molecule has 0 aliphatic heterocycles. The summed E-state index contributed by atoms with van der Waals surface area (Å²) in [6.45, 7) is 2.58. The van der Waals surface area contributed by atoms with E-state index in [4.69, 9.17) is 28.9 Å². The van der Waals surface area contributed by atoms with Gasteiger partial charge in [0.2, 0.25) is 0 Å². The number of hydrogen-bond donors (Lipinski definition) is 1. The zero-order valence-electron chi connectivity index (χ0n) is 10.5. The maximum Gasteiger partial charge on any atom is 0.274 e. The van der Waals surface area contributed by atoms with E-state index >= 15 is 0 Å². The zero-order chi connectivity index (χ0) is 14.0. The fraction of sp³-hybridized carbons (Fsp3) is 0.214. The third-order valence-electron chi connectivity index (χ3n) is 2.86. The van der Waals surface area contributed by atoms with Crippen LogP contribution >= 0.6 is 23.2 Å². The monoisotopic (exact) mass is 296 g/mol. The topological polar surface area (TPSA) is 48.0 Å². The molecule has 3 nitrogen and oxygen atoms in total. The Balaban J connectivity index is 2.71. The molecule has 2 N–H and O–H groups in total. The fourth-order valence-electron chi connectivity index (χ4n) is 1.97. The SMILES string of the molecule is CCCn1c(-c2cc(Cl)ccc2Cl)ccc(N)c1=O. The first-order chi connectivity index (χ1) is 9.04. The summed E-state index contributed by atoms with van der Waals surface area (Å²) in [6.07, 6.45) is 0.828. The number of aromatic nitrogens is 1. The molecule has 0 radical (unpaired) electrons. The number of nitrogens with zero attached hydrogens (tertiary/aromatic N) is 1. The molecule has 2 aromatic rings. The Hall–Kier alpha value is -1.45. The Morgan fingerprint density at radius 1 is 1.21 bits per heavy atom. The van der Waals surface area contributed by atoms with Crippen LogP contribution in [0.4, 0.5) is 5.69 Å². The Kier molecular flexibility index (Phi) is 4.17. The molecular weight excluding hydrogens is 283 g/mol. The lowest BCUT2D eigenvalue weighted by molar-refractivity contribution is 0.663. The largest absolute Gasteiger partial charge is 0.394 e. The second-order valence-electron chi connectivity index (χ2n) is 4.25. The quantitative estimate of drug-likeness (QED) is 0.936. The van der Waals surface area contributed by atoms with Crippen molar-refractivity contribution in [2.75, 3.05) is 5.73 Å². The van der Waals surface area contributed by atoms with Crippen LogP contribution in [0.15, 0.2) is 35.1 Å². The molecule has 1 aromatic heterocycles. The van der Waals surface area contributed by atoms with Crippen LogP contribution in [0.2, 0.25) is 10.0 Å². The van der Waals surface area contributed by atoms with Crippen molar-refractivity contribution in [1.29, 1.82) is 0 Å². The molecule has 0 saturated heterocycles. The van der Waals surface area contributed by atoms with Gasteiger partial charge >= 0.3 is 0 Å². The van der Waals surface area contributed by atoms with Gasteiger partial charge in [-0.25, -0.2) is 0 Å². The van der Waals surface area contributed by atoms with E-state index in [1.54, 1.807) is 34.9 Å². The summed E-state index contributed by atoms with van der Waals surface area (Å²) in [5.74, 6) is 0. The number of nitrogens with two attached hydrogens (primary N) is 1. The average Bonchev–Trinajstić information content (AvgIpc) is 2.39. The lowest BCUT2D eigenvalue weighted by atomic mass is 10.1. The molecule has 0 spiro atoms. The van der Waals surface area contributed by atoms with Crippen LogP contribution in [-0.2, 0) is 6.54 Å². The third kappa shape index (κ3) is 2.77. The van der Waals surface area contributed by atoms with Crippen molar-refractivity contribution < 1.29 is 0 Å². The summed E-state index contributed by atoms with van der Waals surface area (Å²) in [4.78, 5) is 12.1. The lowest BCUT2D eigenvalue weighted by Crippen LogP contribution is -2.24. The zero-order valence-corrected chi connectivity index (χ0v) is 12.0. The van der Waals surface area contributed by atoms with Crippen LogP contribution < -0.4 is 11.3 Å². The predicted molar refractivity (Wildman–Crippen MR) is 80.9 cm³/mol. The smallest absolute Gasteiger partial charge is 0.274 e. The Morgan fingerprint density at radius 2 is 1.95 bits per heavy atom.